The quantitative estimate of drug-likeness (QED) is 0.215. The maximum atomic E-state index is 14.9. The first-order valence-electron chi connectivity index (χ1n) is 14.4. The topological polar surface area (TPSA) is 120 Å². The second-order valence-corrected chi connectivity index (χ2v) is 12.8. The minimum Gasteiger partial charge on any atom is -0.376 e. The molecule has 0 saturated carbocycles. The summed E-state index contributed by atoms with van der Waals surface area (Å²) < 4.78 is 22.7. The summed E-state index contributed by atoms with van der Waals surface area (Å²) in [6, 6.07) is 9.66. The highest BCUT2D eigenvalue weighted by Crippen LogP contribution is 2.42. The minimum atomic E-state index is -0.521. The number of hydrogen-bond acceptors (Lipinski definition) is 10. The SMILES string of the molecule is C[C@@H]1OCC2(CCN(c3cnc(Sc4ccnc(Nc5ncc(F)c(-c6cn(C)c7ccccc67)n5)c4Cl)cn3)CC2)[C@@H]1N.Cl. The van der Waals surface area contributed by atoms with Crippen LogP contribution in [-0.2, 0) is 11.8 Å². The molecule has 0 unspecified atom stereocenters. The highest BCUT2D eigenvalue weighted by atomic mass is 35.5. The van der Waals surface area contributed by atoms with E-state index in [9.17, 15) is 4.39 Å². The number of benzene rings is 1. The number of nitrogens with two attached hydrogens (primary N) is 1. The van der Waals surface area contributed by atoms with E-state index >= 15 is 0 Å². The molecule has 0 aliphatic carbocycles. The predicted molar refractivity (Wildman–Crippen MR) is 177 cm³/mol. The van der Waals surface area contributed by atoms with Crippen molar-refractivity contribution in [1.82, 2.24) is 29.5 Å². The third kappa shape index (κ3) is 5.93. The lowest BCUT2D eigenvalue weighted by Crippen LogP contribution is -2.50. The minimum absolute atomic E-state index is 0. The average molecular weight is 669 g/mol. The molecule has 3 N–H and O–H groups in total. The van der Waals surface area contributed by atoms with Crippen molar-refractivity contribution < 1.29 is 9.13 Å². The van der Waals surface area contributed by atoms with Crippen molar-refractivity contribution >= 4 is 64.3 Å². The molecule has 1 spiro atoms. The Morgan fingerprint density at radius 3 is 2.62 bits per heavy atom. The Morgan fingerprint density at radius 2 is 1.89 bits per heavy atom. The van der Waals surface area contributed by atoms with Crippen molar-refractivity contribution in [3.8, 4) is 11.3 Å². The van der Waals surface area contributed by atoms with E-state index in [0.717, 1.165) is 60.4 Å². The fourth-order valence-corrected chi connectivity index (χ4v) is 7.16. The first kappa shape index (κ1) is 31.4. The van der Waals surface area contributed by atoms with E-state index < -0.39 is 5.82 Å². The molecule has 2 aliphatic rings. The van der Waals surface area contributed by atoms with Crippen LogP contribution in [0, 0.1) is 11.2 Å². The molecule has 14 heteroatoms. The van der Waals surface area contributed by atoms with Crippen molar-refractivity contribution in [3.63, 3.8) is 0 Å². The summed E-state index contributed by atoms with van der Waals surface area (Å²) in [5.74, 6) is 0.843. The van der Waals surface area contributed by atoms with E-state index in [1.54, 1.807) is 24.7 Å². The Morgan fingerprint density at radius 1 is 1.09 bits per heavy atom. The van der Waals surface area contributed by atoms with Gasteiger partial charge in [0, 0.05) is 65.3 Å². The Kier molecular flexibility index (Phi) is 8.86. The van der Waals surface area contributed by atoms with E-state index in [0.29, 0.717) is 21.4 Å². The first-order valence-corrected chi connectivity index (χ1v) is 15.6. The second kappa shape index (κ2) is 12.7. The number of hydrogen-bond donors (Lipinski definition) is 2. The number of fused-ring (bicyclic) bond motifs is 1. The van der Waals surface area contributed by atoms with Crippen LogP contribution < -0.4 is 16.0 Å². The molecular formula is C31H32Cl2FN9OS. The second-order valence-electron chi connectivity index (χ2n) is 11.4. The number of halogens is 3. The number of aromatic nitrogens is 6. The number of rotatable bonds is 6. The van der Waals surface area contributed by atoms with Gasteiger partial charge in [-0.2, -0.15) is 0 Å². The predicted octanol–water partition coefficient (Wildman–Crippen LogP) is 6.26. The molecule has 4 aromatic heterocycles. The third-order valence-electron chi connectivity index (χ3n) is 8.74. The summed E-state index contributed by atoms with van der Waals surface area (Å²) in [5, 5.41) is 5.01. The lowest BCUT2D eigenvalue weighted by Gasteiger charge is -2.41. The number of nitrogens with zero attached hydrogens (tertiary/aromatic N) is 7. The summed E-state index contributed by atoms with van der Waals surface area (Å²) in [6.07, 6.45) is 10.2. The van der Waals surface area contributed by atoms with Crippen LogP contribution in [0.2, 0.25) is 5.02 Å². The van der Waals surface area contributed by atoms with Gasteiger partial charge in [-0.3, -0.25) is 0 Å². The maximum Gasteiger partial charge on any atom is 0.229 e. The zero-order valence-corrected chi connectivity index (χ0v) is 27.0. The van der Waals surface area contributed by atoms with Gasteiger partial charge < -0.3 is 25.3 Å². The molecule has 2 aliphatic heterocycles. The van der Waals surface area contributed by atoms with Gasteiger partial charge in [0.2, 0.25) is 5.95 Å². The van der Waals surface area contributed by atoms with E-state index in [4.69, 9.17) is 22.1 Å². The lowest BCUT2D eigenvalue weighted by atomic mass is 9.73. The number of pyridine rings is 1. The Hall–Kier alpha value is -3.55. The van der Waals surface area contributed by atoms with Crippen LogP contribution in [0.4, 0.5) is 22.0 Å². The summed E-state index contributed by atoms with van der Waals surface area (Å²) >= 11 is 8.13. The summed E-state index contributed by atoms with van der Waals surface area (Å²) in [5.41, 5.74) is 8.36. The summed E-state index contributed by atoms with van der Waals surface area (Å²) in [4.78, 5) is 25.3. The lowest BCUT2D eigenvalue weighted by molar-refractivity contribution is 0.0974. The fraction of sp³-hybridized carbons (Fsp3) is 0.323. The van der Waals surface area contributed by atoms with Gasteiger partial charge in [-0.05, 0) is 31.9 Å². The smallest absolute Gasteiger partial charge is 0.229 e. The van der Waals surface area contributed by atoms with Crippen LogP contribution in [0.3, 0.4) is 0 Å². The fourth-order valence-electron chi connectivity index (χ4n) is 6.14. The van der Waals surface area contributed by atoms with Crippen molar-refractivity contribution in [1.29, 1.82) is 0 Å². The Bertz CT molecular complexity index is 1830. The first-order chi connectivity index (χ1) is 21.3. The number of aryl methyl sites for hydroxylation is 1. The summed E-state index contributed by atoms with van der Waals surface area (Å²) in [7, 11) is 1.92. The highest BCUT2D eigenvalue weighted by molar-refractivity contribution is 7.99. The molecular weight excluding hydrogens is 636 g/mol. The van der Waals surface area contributed by atoms with Crippen LogP contribution >= 0.6 is 35.8 Å². The number of nitrogens with one attached hydrogen (secondary N) is 1. The molecule has 7 rings (SSSR count). The zero-order chi connectivity index (χ0) is 30.4. The van der Waals surface area contributed by atoms with Crippen molar-refractivity contribution in [2.45, 2.75) is 41.8 Å². The van der Waals surface area contributed by atoms with Gasteiger partial charge in [-0.1, -0.05) is 41.6 Å². The maximum absolute atomic E-state index is 14.9. The Labute approximate surface area is 275 Å². The van der Waals surface area contributed by atoms with Crippen LogP contribution in [0.25, 0.3) is 22.2 Å². The van der Waals surface area contributed by atoms with Crippen LogP contribution in [-0.4, -0.2) is 61.3 Å². The van der Waals surface area contributed by atoms with Gasteiger partial charge in [0.25, 0.3) is 0 Å². The van der Waals surface area contributed by atoms with E-state index in [1.807, 2.05) is 42.1 Å². The van der Waals surface area contributed by atoms with E-state index in [-0.39, 0.29) is 41.6 Å². The van der Waals surface area contributed by atoms with E-state index in [2.05, 4.69) is 42.1 Å². The standard InChI is InChI=1S/C31H31ClFN9OS.ClH/c1-18-28(34)31(17-43-18)8-11-42(12-9-31)24-14-37-25(15-36-24)44-23-7-10-35-29(26(23)32)40-30-38-13-21(33)27(39-30)20-16-41(2)22-6-4-3-5-19(20)22;/h3-7,10,13-16,18,28H,8-9,11-12,17,34H2,1-2H3,(H,35,38,39,40);1H/t18-,28+;/m0./s1. The van der Waals surface area contributed by atoms with Crippen molar-refractivity contribution in [2.24, 2.45) is 18.2 Å². The van der Waals surface area contributed by atoms with Crippen LogP contribution in [0.5, 0.6) is 0 Å². The summed E-state index contributed by atoms with van der Waals surface area (Å²) in [6.45, 7) is 4.52. The molecule has 5 aromatic rings. The largest absolute Gasteiger partial charge is 0.376 e. The van der Waals surface area contributed by atoms with Gasteiger partial charge in [0.05, 0.1) is 36.3 Å². The molecule has 0 bridgehead atoms. The number of anilines is 3. The monoisotopic (exact) mass is 667 g/mol. The van der Waals surface area contributed by atoms with Gasteiger partial charge in [0.1, 0.15) is 16.5 Å². The molecule has 1 aromatic carbocycles. The molecule has 234 valence electrons. The third-order valence-corrected chi connectivity index (χ3v) is 10.2. The molecule has 2 saturated heterocycles. The molecule has 45 heavy (non-hydrogen) atoms. The van der Waals surface area contributed by atoms with E-state index in [1.165, 1.54) is 11.8 Å². The van der Waals surface area contributed by atoms with Gasteiger partial charge in [-0.25, -0.2) is 29.3 Å². The normalized spacial score (nSPS) is 19.2. The number of ether oxygens (including phenoxy) is 1. The molecule has 2 fully saturated rings. The van der Waals surface area contributed by atoms with Crippen LogP contribution in [0.1, 0.15) is 19.8 Å². The highest BCUT2D eigenvalue weighted by Gasteiger charge is 2.47. The molecule has 2 atom stereocenters. The molecule has 10 nitrogen and oxygen atoms in total. The molecule has 0 amide bonds. The van der Waals surface area contributed by atoms with Gasteiger partial charge >= 0.3 is 0 Å². The van der Waals surface area contributed by atoms with Crippen molar-refractivity contribution in [2.75, 3.05) is 29.9 Å². The number of para-hydroxylation sites is 1. The molecule has 0 radical (unpaired) electrons. The van der Waals surface area contributed by atoms with Gasteiger partial charge in [0.15, 0.2) is 11.6 Å². The van der Waals surface area contributed by atoms with Crippen molar-refractivity contribution in [3.05, 3.63) is 72.2 Å². The zero-order valence-electron chi connectivity index (χ0n) is 24.7. The Balaban J connectivity index is 0.00000357. The number of piperidine rings is 1. The molecule has 6 heterocycles. The van der Waals surface area contributed by atoms with Gasteiger partial charge in [-0.15, -0.1) is 12.4 Å². The average Bonchev–Trinajstić information content (AvgIpc) is 3.52. The van der Waals surface area contributed by atoms with Crippen LogP contribution in [0.15, 0.2) is 71.2 Å².